The first-order chi connectivity index (χ1) is 12.2. The molecule has 2 amide bonds. The van der Waals surface area contributed by atoms with Crippen LogP contribution in [0, 0.1) is 20.8 Å². The number of carbonyl (C=O) groups excluding carboxylic acids is 3. The van der Waals surface area contributed by atoms with Crippen molar-refractivity contribution in [1.29, 1.82) is 0 Å². The molecule has 0 saturated carbocycles. The molecule has 0 bridgehead atoms. The lowest BCUT2D eigenvalue weighted by molar-refractivity contribution is -0.120. The van der Waals surface area contributed by atoms with Crippen LogP contribution < -0.4 is 10.2 Å². The Bertz CT molecular complexity index is 848. The number of nitrogens with one attached hydrogen (secondary N) is 1. The average Bonchev–Trinajstić information content (AvgIpc) is 2.53. The minimum Gasteiger partial charge on any atom is -0.325 e. The molecule has 0 aliphatic carbocycles. The molecule has 0 atom stereocenters. The van der Waals surface area contributed by atoms with Crippen molar-refractivity contribution in [1.82, 2.24) is 0 Å². The molecule has 5 heteroatoms. The number of Topliss-reactive ketones (excluding diaryl/α,β-unsaturated/α-hetero) is 1. The summed E-state index contributed by atoms with van der Waals surface area (Å²) in [6.45, 7) is 8.68. The Balaban J connectivity index is 2.23. The Morgan fingerprint density at radius 1 is 0.962 bits per heavy atom. The fraction of sp³-hybridized carbons (Fsp3) is 0.286. The topological polar surface area (TPSA) is 66.5 Å². The van der Waals surface area contributed by atoms with Gasteiger partial charge in [0.1, 0.15) is 6.54 Å². The van der Waals surface area contributed by atoms with Gasteiger partial charge in [0.15, 0.2) is 5.78 Å². The highest BCUT2D eigenvalue weighted by Gasteiger charge is 2.20. The third-order valence-corrected chi connectivity index (χ3v) is 4.14. The highest BCUT2D eigenvalue weighted by Crippen LogP contribution is 2.26. The standard InChI is InChI=1S/C21H24N2O3/c1-13-9-14(2)21(15(3)10-13)23(17(5)25)12-20(26)22-19-8-6-7-18(11-19)16(4)24/h6-11H,12H2,1-5H3,(H,22,26). The molecule has 2 rings (SSSR count). The van der Waals surface area contributed by atoms with Gasteiger partial charge in [0, 0.05) is 18.2 Å². The molecule has 1 N–H and O–H groups in total. The molecule has 0 heterocycles. The zero-order valence-electron chi connectivity index (χ0n) is 15.8. The van der Waals surface area contributed by atoms with Crippen molar-refractivity contribution >= 4 is 29.0 Å². The van der Waals surface area contributed by atoms with Gasteiger partial charge in [-0.05, 0) is 51.0 Å². The molecule has 136 valence electrons. The zero-order valence-corrected chi connectivity index (χ0v) is 15.8. The Morgan fingerprint density at radius 3 is 2.12 bits per heavy atom. The van der Waals surface area contributed by atoms with Crippen LogP contribution in [0.25, 0.3) is 0 Å². The fourth-order valence-corrected chi connectivity index (χ4v) is 3.11. The van der Waals surface area contributed by atoms with Gasteiger partial charge in [-0.2, -0.15) is 0 Å². The van der Waals surface area contributed by atoms with Crippen LogP contribution in [0.5, 0.6) is 0 Å². The summed E-state index contributed by atoms with van der Waals surface area (Å²) in [4.78, 5) is 37.6. The van der Waals surface area contributed by atoms with Crippen LogP contribution in [0.4, 0.5) is 11.4 Å². The molecule has 0 radical (unpaired) electrons. The molecule has 0 unspecified atom stereocenters. The van der Waals surface area contributed by atoms with Crippen LogP contribution in [0.15, 0.2) is 36.4 Å². The van der Waals surface area contributed by atoms with E-state index in [2.05, 4.69) is 5.32 Å². The van der Waals surface area contributed by atoms with Gasteiger partial charge in [0.25, 0.3) is 0 Å². The van der Waals surface area contributed by atoms with Crippen LogP contribution >= 0.6 is 0 Å². The summed E-state index contributed by atoms with van der Waals surface area (Å²) in [7, 11) is 0. The summed E-state index contributed by atoms with van der Waals surface area (Å²) in [5.74, 6) is -0.592. The van der Waals surface area contributed by atoms with Crippen molar-refractivity contribution in [2.75, 3.05) is 16.8 Å². The first-order valence-electron chi connectivity index (χ1n) is 8.46. The van der Waals surface area contributed by atoms with Gasteiger partial charge in [-0.15, -0.1) is 0 Å². The second-order valence-corrected chi connectivity index (χ2v) is 6.54. The first-order valence-corrected chi connectivity index (χ1v) is 8.46. The zero-order chi connectivity index (χ0) is 19.4. The molecule has 0 spiro atoms. The highest BCUT2D eigenvalue weighted by molar-refractivity contribution is 6.03. The molecule has 0 saturated heterocycles. The van der Waals surface area contributed by atoms with Crippen molar-refractivity contribution in [3.8, 4) is 0 Å². The van der Waals surface area contributed by atoms with Crippen molar-refractivity contribution in [3.63, 3.8) is 0 Å². The second-order valence-electron chi connectivity index (χ2n) is 6.54. The summed E-state index contributed by atoms with van der Waals surface area (Å²) in [6.07, 6.45) is 0. The van der Waals surface area contributed by atoms with Crippen molar-refractivity contribution < 1.29 is 14.4 Å². The minimum atomic E-state index is -0.319. The van der Waals surface area contributed by atoms with E-state index in [0.29, 0.717) is 11.3 Å². The van der Waals surface area contributed by atoms with E-state index in [0.717, 1.165) is 22.4 Å². The van der Waals surface area contributed by atoms with Gasteiger partial charge >= 0.3 is 0 Å². The van der Waals surface area contributed by atoms with Crippen LogP contribution in [0.3, 0.4) is 0 Å². The smallest absolute Gasteiger partial charge is 0.244 e. The maximum atomic E-state index is 12.5. The molecule has 0 aliphatic rings. The number of amides is 2. The maximum absolute atomic E-state index is 12.5. The van der Waals surface area contributed by atoms with Gasteiger partial charge in [-0.3, -0.25) is 14.4 Å². The quantitative estimate of drug-likeness (QED) is 0.832. The lowest BCUT2D eigenvalue weighted by atomic mass is 10.0. The Kier molecular flexibility index (Phi) is 5.93. The lowest BCUT2D eigenvalue weighted by Gasteiger charge is -2.25. The van der Waals surface area contributed by atoms with Crippen LogP contribution in [0.1, 0.15) is 40.9 Å². The SMILES string of the molecule is CC(=O)c1cccc(NC(=O)CN(C(C)=O)c2c(C)cc(C)cc2C)c1. The second kappa shape index (κ2) is 7.95. The van der Waals surface area contributed by atoms with Gasteiger partial charge in [0.2, 0.25) is 11.8 Å². The van der Waals surface area contributed by atoms with E-state index >= 15 is 0 Å². The Morgan fingerprint density at radius 2 is 1.58 bits per heavy atom. The molecule has 2 aromatic rings. The van der Waals surface area contributed by atoms with Gasteiger partial charge in [-0.25, -0.2) is 0 Å². The van der Waals surface area contributed by atoms with E-state index < -0.39 is 0 Å². The monoisotopic (exact) mass is 352 g/mol. The summed E-state index contributed by atoms with van der Waals surface area (Å²) < 4.78 is 0. The normalized spacial score (nSPS) is 10.3. The third-order valence-electron chi connectivity index (χ3n) is 4.14. The first kappa shape index (κ1) is 19.4. The molecule has 0 fully saturated rings. The summed E-state index contributed by atoms with van der Waals surface area (Å²) >= 11 is 0. The molecular formula is C21H24N2O3. The Hall–Kier alpha value is -2.95. The van der Waals surface area contributed by atoms with E-state index in [4.69, 9.17) is 0 Å². The van der Waals surface area contributed by atoms with Gasteiger partial charge in [-0.1, -0.05) is 29.8 Å². The van der Waals surface area contributed by atoms with Crippen LogP contribution in [-0.2, 0) is 9.59 Å². The summed E-state index contributed by atoms with van der Waals surface area (Å²) in [5, 5.41) is 2.76. The molecule has 0 aromatic heterocycles. The summed E-state index contributed by atoms with van der Waals surface area (Å²) in [5.41, 5.74) is 4.82. The van der Waals surface area contributed by atoms with Gasteiger partial charge in [0.05, 0.1) is 5.69 Å². The number of anilines is 2. The maximum Gasteiger partial charge on any atom is 0.244 e. The summed E-state index contributed by atoms with van der Waals surface area (Å²) in [6, 6.07) is 10.7. The van der Waals surface area contributed by atoms with E-state index in [1.54, 1.807) is 24.3 Å². The van der Waals surface area contributed by atoms with Crippen molar-refractivity contribution in [2.24, 2.45) is 0 Å². The number of benzene rings is 2. The number of hydrogen-bond donors (Lipinski definition) is 1. The predicted octanol–water partition coefficient (Wildman–Crippen LogP) is 3.81. The lowest BCUT2D eigenvalue weighted by Crippen LogP contribution is -2.37. The van der Waals surface area contributed by atoms with E-state index in [1.165, 1.54) is 18.7 Å². The number of rotatable bonds is 5. The largest absolute Gasteiger partial charge is 0.325 e. The third kappa shape index (κ3) is 4.57. The van der Waals surface area contributed by atoms with Gasteiger partial charge < -0.3 is 10.2 Å². The molecular weight excluding hydrogens is 328 g/mol. The highest BCUT2D eigenvalue weighted by atomic mass is 16.2. The van der Waals surface area contributed by atoms with Crippen LogP contribution in [0.2, 0.25) is 0 Å². The number of carbonyl (C=O) groups is 3. The fourth-order valence-electron chi connectivity index (χ4n) is 3.11. The van der Waals surface area contributed by atoms with Crippen LogP contribution in [-0.4, -0.2) is 24.1 Å². The predicted molar refractivity (Wildman–Crippen MR) is 104 cm³/mol. The number of ketones is 1. The van der Waals surface area contributed by atoms with Crippen molar-refractivity contribution in [2.45, 2.75) is 34.6 Å². The van der Waals surface area contributed by atoms with E-state index in [-0.39, 0.29) is 24.1 Å². The average molecular weight is 352 g/mol. The molecule has 26 heavy (non-hydrogen) atoms. The number of nitrogens with zero attached hydrogens (tertiary/aromatic N) is 1. The Labute approximate surface area is 154 Å². The molecule has 0 aliphatic heterocycles. The number of hydrogen-bond acceptors (Lipinski definition) is 3. The van der Waals surface area contributed by atoms with E-state index in [1.807, 2.05) is 32.9 Å². The molecule has 2 aromatic carbocycles. The van der Waals surface area contributed by atoms with E-state index in [9.17, 15) is 14.4 Å². The molecule has 5 nitrogen and oxygen atoms in total. The minimum absolute atomic E-state index is 0.0719. The number of aryl methyl sites for hydroxylation is 3. The van der Waals surface area contributed by atoms with Crippen molar-refractivity contribution in [3.05, 3.63) is 58.7 Å².